The van der Waals surface area contributed by atoms with E-state index in [1.54, 1.807) is 12.3 Å². The van der Waals surface area contributed by atoms with Crippen LogP contribution in [0.25, 0.3) is 11.3 Å². The average Bonchev–Trinajstić information content (AvgIpc) is 3.34. The highest BCUT2D eigenvalue weighted by Crippen LogP contribution is 2.30. The van der Waals surface area contributed by atoms with Crippen molar-refractivity contribution in [3.8, 4) is 11.3 Å². The summed E-state index contributed by atoms with van der Waals surface area (Å²) in [5, 5.41) is 9.58. The predicted molar refractivity (Wildman–Crippen MR) is 113 cm³/mol. The van der Waals surface area contributed by atoms with Crippen LogP contribution in [0.2, 0.25) is 0 Å². The molecule has 1 saturated carbocycles. The minimum Gasteiger partial charge on any atom is -0.364 e. The molecule has 1 aliphatic rings. The van der Waals surface area contributed by atoms with Crippen LogP contribution in [0.15, 0.2) is 65.5 Å². The van der Waals surface area contributed by atoms with E-state index in [1.165, 1.54) is 6.26 Å². The summed E-state index contributed by atoms with van der Waals surface area (Å²) < 4.78 is 4.69. The molecule has 2 heterocycles. The van der Waals surface area contributed by atoms with Crippen LogP contribution in [0, 0.1) is 11.8 Å². The summed E-state index contributed by atoms with van der Waals surface area (Å²) in [6.07, 6.45) is 6.58. The molecule has 1 aliphatic carbocycles. The van der Waals surface area contributed by atoms with Gasteiger partial charge in [-0.15, -0.1) is 0 Å². The molecule has 7 heteroatoms. The third kappa shape index (κ3) is 4.92. The molecule has 3 aromatic rings. The molecule has 30 heavy (non-hydrogen) atoms. The van der Waals surface area contributed by atoms with E-state index in [-0.39, 0.29) is 23.4 Å². The number of aromatic nitrogens is 2. The van der Waals surface area contributed by atoms with Crippen molar-refractivity contribution in [2.45, 2.75) is 25.7 Å². The monoisotopic (exact) mass is 404 g/mol. The normalized spacial score (nSPS) is 18.5. The van der Waals surface area contributed by atoms with Gasteiger partial charge in [0, 0.05) is 36.0 Å². The molecule has 2 amide bonds. The fraction of sp³-hybridized carbons (Fsp3) is 0.304. The maximum atomic E-state index is 12.7. The summed E-state index contributed by atoms with van der Waals surface area (Å²) >= 11 is 0. The van der Waals surface area contributed by atoms with E-state index < -0.39 is 0 Å². The molecule has 4 rings (SSSR count). The smallest absolute Gasteiger partial charge is 0.273 e. The van der Waals surface area contributed by atoms with Gasteiger partial charge in [-0.1, -0.05) is 23.4 Å². The fourth-order valence-electron chi connectivity index (χ4n) is 3.82. The van der Waals surface area contributed by atoms with Crippen molar-refractivity contribution in [1.82, 2.24) is 15.5 Å². The standard InChI is InChI=1S/C23H24N4O3/c28-22(26-19-5-3-4-18(14-19)20-6-1-2-12-24-20)17-9-7-16(8-10-17)15-25-23(29)21-11-13-30-27-21/h1-6,11-14,16-17H,7-10,15H2,(H,25,29)(H,26,28). The minimum atomic E-state index is -0.226. The third-order valence-electron chi connectivity index (χ3n) is 5.53. The molecule has 1 aromatic carbocycles. The van der Waals surface area contributed by atoms with Crippen LogP contribution >= 0.6 is 0 Å². The van der Waals surface area contributed by atoms with Crippen molar-refractivity contribution in [3.63, 3.8) is 0 Å². The zero-order chi connectivity index (χ0) is 20.8. The Hall–Kier alpha value is -3.48. The average molecular weight is 404 g/mol. The number of carbonyl (C=O) groups is 2. The number of benzene rings is 1. The topological polar surface area (TPSA) is 97.1 Å². The molecular weight excluding hydrogens is 380 g/mol. The summed E-state index contributed by atoms with van der Waals surface area (Å²) in [5.41, 5.74) is 2.92. The number of pyridine rings is 1. The van der Waals surface area contributed by atoms with Crippen molar-refractivity contribution in [2.75, 3.05) is 11.9 Å². The first-order valence-electron chi connectivity index (χ1n) is 10.2. The number of amides is 2. The van der Waals surface area contributed by atoms with Gasteiger partial charge in [0.05, 0.1) is 5.69 Å². The number of nitrogens with zero attached hydrogens (tertiary/aromatic N) is 2. The van der Waals surface area contributed by atoms with E-state index >= 15 is 0 Å². The maximum Gasteiger partial charge on any atom is 0.273 e. The summed E-state index contributed by atoms with van der Waals surface area (Å²) in [6, 6.07) is 15.1. The first-order valence-corrected chi connectivity index (χ1v) is 10.2. The van der Waals surface area contributed by atoms with E-state index in [2.05, 4.69) is 20.8 Å². The van der Waals surface area contributed by atoms with Crippen molar-refractivity contribution in [1.29, 1.82) is 0 Å². The zero-order valence-corrected chi connectivity index (χ0v) is 16.6. The molecule has 2 N–H and O–H groups in total. The SMILES string of the molecule is O=C(NCC1CCC(C(=O)Nc2cccc(-c3ccccn3)c2)CC1)c1ccon1. The second kappa shape index (κ2) is 9.35. The van der Waals surface area contributed by atoms with Gasteiger partial charge in [-0.25, -0.2) is 0 Å². The Bertz CT molecular complexity index is 981. The predicted octanol–water partition coefficient (Wildman–Crippen LogP) is 3.91. The second-order valence-corrected chi connectivity index (χ2v) is 7.60. The molecule has 0 bridgehead atoms. The van der Waals surface area contributed by atoms with Crippen molar-refractivity contribution >= 4 is 17.5 Å². The van der Waals surface area contributed by atoms with Gasteiger partial charge in [-0.05, 0) is 55.9 Å². The highest BCUT2D eigenvalue weighted by atomic mass is 16.5. The number of carbonyl (C=O) groups excluding carboxylic acids is 2. The van der Waals surface area contributed by atoms with Crippen LogP contribution in [-0.4, -0.2) is 28.5 Å². The van der Waals surface area contributed by atoms with Crippen molar-refractivity contribution in [3.05, 3.63) is 66.7 Å². The number of anilines is 1. The molecular formula is C23H24N4O3. The van der Waals surface area contributed by atoms with Gasteiger partial charge in [-0.2, -0.15) is 0 Å². The van der Waals surface area contributed by atoms with E-state index in [1.807, 2.05) is 42.5 Å². The molecule has 7 nitrogen and oxygen atoms in total. The number of hydrogen-bond acceptors (Lipinski definition) is 5. The van der Waals surface area contributed by atoms with Crippen molar-refractivity contribution in [2.24, 2.45) is 11.8 Å². The number of hydrogen-bond donors (Lipinski definition) is 2. The highest BCUT2D eigenvalue weighted by Gasteiger charge is 2.26. The number of rotatable bonds is 6. The first kappa shape index (κ1) is 19.8. The Balaban J connectivity index is 1.26. The second-order valence-electron chi connectivity index (χ2n) is 7.60. The first-order chi connectivity index (χ1) is 14.7. The third-order valence-corrected chi connectivity index (χ3v) is 5.53. The van der Waals surface area contributed by atoms with Crippen LogP contribution in [0.5, 0.6) is 0 Å². The summed E-state index contributed by atoms with van der Waals surface area (Å²) in [4.78, 5) is 29.0. The molecule has 0 aliphatic heterocycles. The lowest BCUT2D eigenvalue weighted by Gasteiger charge is -2.27. The molecule has 0 spiro atoms. The lowest BCUT2D eigenvalue weighted by molar-refractivity contribution is -0.121. The fourth-order valence-corrected chi connectivity index (χ4v) is 3.82. The van der Waals surface area contributed by atoms with Gasteiger partial charge in [-0.3, -0.25) is 14.6 Å². The van der Waals surface area contributed by atoms with Gasteiger partial charge in [0.15, 0.2) is 5.69 Å². The molecule has 1 fully saturated rings. The lowest BCUT2D eigenvalue weighted by Crippen LogP contribution is -2.33. The van der Waals surface area contributed by atoms with E-state index in [0.29, 0.717) is 12.5 Å². The van der Waals surface area contributed by atoms with Crippen LogP contribution in [0.1, 0.15) is 36.2 Å². The molecule has 0 saturated heterocycles. The Kier molecular flexibility index (Phi) is 6.17. The van der Waals surface area contributed by atoms with Crippen LogP contribution < -0.4 is 10.6 Å². The Morgan fingerprint density at radius 2 is 1.90 bits per heavy atom. The van der Waals surface area contributed by atoms with Crippen LogP contribution in [0.3, 0.4) is 0 Å². The lowest BCUT2D eigenvalue weighted by atomic mass is 9.81. The Labute approximate surface area is 174 Å². The quantitative estimate of drug-likeness (QED) is 0.649. The van der Waals surface area contributed by atoms with Crippen LogP contribution in [0.4, 0.5) is 5.69 Å². The summed E-state index contributed by atoms with van der Waals surface area (Å²) in [5.74, 6) is 0.193. The molecule has 0 unspecified atom stereocenters. The highest BCUT2D eigenvalue weighted by molar-refractivity contribution is 5.93. The zero-order valence-electron chi connectivity index (χ0n) is 16.6. The van der Waals surface area contributed by atoms with Gasteiger partial charge >= 0.3 is 0 Å². The molecule has 0 atom stereocenters. The van der Waals surface area contributed by atoms with Gasteiger partial charge in [0.1, 0.15) is 6.26 Å². The van der Waals surface area contributed by atoms with E-state index in [0.717, 1.165) is 42.6 Å². The summed E-state index contributed by atoms with van der Waals surface area (Å²) in [6.45, 7) is 0.589. The molecule has 154 valence electrons. The van der Waals surface area contributed by atoms with Gasteiger partial charge in [0.2, 0.25) is 5.91 Å². The van der Waals surface area contributed by atoms with Crippen molar-refractivity contribution < 1.29 is 14.1 Å². The molecule has 0 radical (unpaired) electrons. The van der Waals surface area contributed by atoms with Gasteiger partial charge in [0.25, 0.3) is 5.91 Å². The minimum absolute atomic E-state index is 0.00833. The number of nitrogens with one attached hydrogen (secondary N) is 2. The van der Waals surface area contributed by atoms with E-state index in [9.17, 15) is 9.59 Å². The Morgan fingerprint density at radius 3 is 2.63 bits per heavy atom. The largest absolute Gasteiger partial charge is 0.364 e. The van der Waals surface area contributed by atoms with E-state index in [4.69, 9.17) is 4.52 Å². The molecule has 2 aromatic heterocycles. The summed E-state index contributed by atoms with van der Waals surface area (Å²) in [7, 11) is 0. The Morgan fingerprint density at radius 1 is 1.03 bits per heavy atom. The van der Waals surface area contributed by atoms with Crippen LogP contribution in [-0.2, 0) is 4.79 Å². The van der Waals surface area contributed by atoms with Gasteiger partial charge < -0.3 is 15.2 Å². The maximum absolute atomic E-state index is 12.7.